The number of hydrogen-bond donors (Lipinski definition) is 0. The molecular formula is C41H24F3N5. The van der Waals surface area contributed by atoms with Crippen molar-refractivity contribution >= 4 is 21.8 Å². The number of hydrogen-bond acceptors (Lipinski definition) is 4. The molecule has 234 valence electrons. The second-order valence-corrected chi connectivity index (χ2v) is 11.5. The quantitative estimate of drug-likeness (QED) is 0.187. The van der Waals surface area contributed by atoms with Crippen molar-refractivity contribution in [1.82, 2.24) is 19.5 Å². The Labute approximate surface area is 279 Å². The molecule has 0 radical (unpaired) electrons. The highest BCUT2D eigenvalue weighted by Crippen LogP contribution is 2.42. The Balaban J connectivity index is 1.43. The molecule has 49 heavy (non-hydrogen) atoms. The van der Waals surface area contributed by atoms with Crippen LogP contribution in [-0.2, 0) is 6.18 Å². The second-order valence-electron chi connectivity index (χ2n) is 11.5. The van der Waals surface area contributed by atoms with Gasteiger partial charge in [-0.1, -0.05) is 97.1 Å². The zero-order valence-electron chi connectivity index (χ0n) is 25.7. The molecule has 8 aromatic rings. The lowest BCUT2D eigenvalue weighted by atomic mass is 9.94. The molecule has 0 N–H and O–H groups in total. The molecule has 0 amide bonds. The van der Waals surface area contributed by atoms with Gasteiger partial charge in [0.15, 0.2) is 17.5 Å². The van der Waals surface area contributed by atoms with Gasteiger partial charge in [-0.15, -0.1) is 0 Å². The molecule has 0 aliphatic heterocycles. The molecule has 0 fully saturated rings. The summed E-state index contributed by atoms with van der Waals surface area (Å²) in [5.74, 6) is 1.05. The van der Waals surface area contributed by atoms with Gasteiger partial charge >= 0.3 is 6.18 Å². The average molecular weight is 644 g/mol. The Bertz CT molecular complexity index is 2490. The predicted molar refractivity (Wildman–Crippen MR) is 186 cm³/mol. The molecule has 0 saturated heterocycles. The topological polar surface area (TPSA) is 67.4 Å². The van der Waals surface area contributed by atoms with Crippen LogP contribution in [-0.4, -0.2) is 19.5 Å². The Kier molecular flexibility index (Phi) is 7.23. The molecule has 0 unspecified atom stereocenters. The van der Waals surface area contributed by atoms with Gasteiger partial charge in [0.1, 0.15) is 0 Å². The van der Waals surface area contributed by atoms with Crippen LogP contribution in [0.5, 0.6) is 0 Å². The van der Waals surface area contributed by atoms with Crippen molar-refractivity contribution in [2.75, 3.05) is 0 Å². The normalized spacial score (nSPS) is 11.6. The van der Waals surface area contributed by atoms with E-state index in [-0.39, 0.29) is 11.4 Å². The Morgan fingerprint density at radius 3 is 1.78 bits per heavy atom. The summed E-state index contributed by atoms with van der Waals surface area (Å²) in [5, 5.41) is 11.4. The van der Waals surface area contributed by atoms with Crippen LogP contribution in [0.2, 0.25) is 0 Å². The summed E-state index contributed by atoms with van der Waals surface area (Å²) in [6.07, 6.45) is -4.62. The maximum absolute atomic E-state index is 14.6. The van der Waals surface area contributed by atoms with Crippen molar-refractivity contribution < 1.29 is 13.2 Å². The first-order valence-corrected chi connectivity index (χ1v) is 15.5. The summed E-state index contributed by atoms with van der Waals surface area (Å²) >= 11 is 0. The minimum atomic E-state index is -4.62. The molecule has 8 heteroatoms. The summed E-state index contributed by atoms with van der Waals surface area (Å²) < 4.78 is 45.9. The van der Waals surface area contributed by atoms with E-state index in [0.717, 1.165) is 39.0 Å². The second kappa shape index (κ2) is 11.9. The smallest absolute Gasteiger partial charge is 0.309 e. The molecule has 0 spiro atoms. The van der Waals surface area contributed by atoms with E-state index in [0.29, 0.717) is 34.0 Å². The van der Waals surface area contributed by atoms with Gasteiger partial charge in [-0.3, -0.25) is 0 Å². The minimum absolute atomic E-state index is 0.00215. The Hall–Kier alpha value is -6.59. The predicted octanol–water partition coefficient (Wildman–Crippen LogP) is 10.5. The van der Waals surface area contributed by atoms with Crippen LogP contribution >= 0.6 is 0 Å². The van der Waals surface area contributed by atoms with E-state index in [9.17, 15) is 18.4 Å². The Morgan fingerprint density at radius 2 is 1.10 bits per heavy atom. The van der Waals surface area contributed by atoms with Crippen molar-refractivity contribution in [2.45, 2.75) is 6.18 Å². The highest BCUT2D eigenvalue weighted by Gasteiger charge is 2.34. The third-order valence-corrected chi connectivity index (χ3v) is 8.53. The lowest BCUT2D eigenvalue weighted by Gasteiger charge is -2.18. The maximum atomic E-state index is 14.6. The van der Waals surface area contributed by atoms with Crippen molar-refractivity contribution in [3.63, 3.8) is 0 Å². The van der Waals surface area contributed by atoms with Crippen LogP contribution < -0.4 is 0 Å². The number of aromatic nitrogens is 4. The van der Waals surface area contributed by atoms with Gasteiger partial charge in [0.2, 0.25) is 0 Å². The number of nitriles is 1. The lowest BCUT2D eigenvalue weighted by Crippen LogP contribution is -2.08. The van der Waals surface area contributed by atoms with E-state index >= 15 is 0 Å². The average Bonchev–Trinajstić information content (AvgIpc) is 3.48. The van der Waals surface area contributed by atoms with Gasteiger partial charge in [0, 0.05) is 33.2 Å². The van der Waals surface area contributed by atoms with Crippen LogP contribution in [0.15, 0.2) is 146 Å². The van der Waals surface area contributed by atoms with Crippen LogP contribution in [0.25, 0.3) is 72.8 Å². The number of alkyl halides is 3. The minimum Gasteiger partial charge on any atom is -0.309 e. The third kappa shape index (κ3) is 5.37. The first kappa shape index (κ1) is 29.8. The van der Waals surface area contributed by atoms with E-state index in [1.165, 1.54) is 12.1 Å². The van der Waals surface area contributed by atoms with E-state index < -0.39 is 11.7 Å². The number of para-hydroxylation sites is 1. The largest absolute Gasteiger partial charge is 0.417 e. The molecule has 0 bridgehead atoms. The van der Waals surface area contributed by atoms with Crippen LogP contribution in [0.3, 0.4) is 0 Å². The van der Waals surface area contributed by atoms with Crippen molar-refractivity contribution in [1.29, 1.82) is 5.26 Å². The van der Waals surface area contributed by atoms with Gasteiger partial charge in [0.05, 0.1) is 28.2 Å². The van der Waals surface area contributed by atoms with Gasteiger partial charge in [-0.25, -0.2) is 15.0 Å². The molecule has 0 atom stereocenters. The van der Waals surface area contributed by atoms with Gasteiger partial charge in [-0.05, 0) is 59.7 Å². The molecule has 2 heterocycles. The maximum Gasteiger partial charge on any atom is 0.417 e. The van der Waals surface area contributed by atoms with Crippen LogP contribution in [0, 0.1) is 11.3 Å². The molecule has 0 aliphatic rings. The van der Waals surface area contributed by atoms with Crippen LogP contribution in [0.4, 0.5) is 13.2 Å². The zero-order valence-corrected chi connectivity index (χ0v) is 25.7. The fraction of sp³-hybridized carbons (Fsp3) is 0.0244. The first-order chi connectivity index (χ1) is 23.9. The monoisotopic (exact) mass is 643 g/mol. The van der Waals surface area contributed by atoms with E-state index in [4.69, 9.17) is 15.0 Å². The van der Waals surface area contributed by atoms with Crippen LogP contribution in [0.1, 0.15) is 11.1 Å². The molecule has 8 rings (SSSR count). The SMILES string of the molecule is N#Cc1ccc2c(c1)c1ccccc1n2-c1ccc(-c2nc(-c3ccccc3)nc(-c3ccccc3)n2)c(-c2ccccc2C(F)(F)F)c1. The number of halogens is 3. The highest BCUT2D eigenvalue weighted by atomic mass is 19.4. The standard InChI is InChI=1S/C41H24F3N5/c42-41(43,44)35-17-9-7-15-30(35)33-24-29(49-36-18-10-8-16-31(36)34-23-26(25-45)19-22-37(34)49)20-21-32(33)40-47-38(27-11-3-1-4-12-27)46-39(48-40)28-13-5-2-6-14-28/h1-24H. The molecule has 6 aromatic carbocycles. The van der Waals surface area contributed by atoms with E-state index in [2.05, 4.69) is 6.07 Å². The van der Waals surface area contributed by atoms with Crippen molar-refractivity contribution in [3.05, 3.63) is 157 Å². The summed E-state index contributed by atoms with van der Waals surface area (Å²) in [4.78, 5) is 14.5. The van der Waals surface area contributed by atoms with Gasteiger partial charge in [0.25, 0.3) is 0 Å². The molecule has 5 nitrogen and oxygen atoms in total. The zero-order chi connectivity index (χ0) is 33.5. The number of rotatable bonds is 5. The summed E-state index contributed by atoms with van der Waals surface area (Å²) in [7, 11) is 0. The molecular weight excluding hydrogens is 619 g/mol. The van der Waals surface area contributed by atoms with Gasteiger partial charge < -0.3 is 4.57 Å². The highest BCUT2D eigenvalue weighted by molar-refractivity contribution is 6.09. The summed E-state index contributed by atoms with van der Waals surface area (Å²) in [6.45, 7) is 0. The lowest BCUT2D eigenvalue weighted by molar-refractivity contribution is -0.137. The fourth-order valence-electron chi connectivity index (χ4n) is 6.30. The molecule has 0 aliphatic carbocycles. The molecule has 0 saturated carbocycles. The van der Waals surface area contributed by atoms with Crippen molar-refractivity contribution in [2.24, 2.45) is 0 Å². The number of fused-ring (bicyclic) bond motifs is 3. The number of benzene rings is 6. The first-order valence-electron chi connectivity index (χ1n) is 15.5. The summed E-state index contributed by atoms with van der Waals surface area (Å²) in [6, 6.07) is 45.3. The molecule has 2 aromatic heterocycles. The van der Waals surface area contributed by atoms with Crippen molar-refractivity contribution in [3.8, 4) is 57.0 Å². The van der Waals surface area contributed by atoms with E-state index in [1.807, 2.05) is 108 Å². The summed E-state index contributed by atoms with van der Waals surface area (Å²) in [5.41, 5.74) is 4.31. The van der Waals surface area contributed by atoms with E-state index in [1.54, 1.807) is 24.3 Å². The Morgan fingerprint density at radius 1 is 0.510 bits per heavy atom. The third-order valence-electron chi connectivity index (χ3n) is 8.53. The van der Waals surface area contributed by atoms with Gasteiger partial charge in [-0.2, -0.15) is 18.4 Å². The fourth-order valence-corrected chi connectivity index (χ4v) is 6.30. The number of nitrogens with zero attached hydrogens (tertiary/aromatic N) is 5.